The molecule has 0 saturated heterocycles. The van der Waals surface area contributed by atoms with Gasteiger partial charge in [0.1, 0.15) is 4.21 Å². The summed E-state index contributed by atoms with van der Waals surface area (Å²) in [6.07, 6.45) is 0.798. The van der Waals surface area contributed by atoms with Crippen LogP contribution in [0.1, 0.15) is 12.5 Å². The second kappa shape index (κ2) is 5.83. The molecule has 0 radical (unpaired) electrons. The molecule has 1 aromatic heterocycles. The Labute approximate surface area is 133 Å². The second-order valence-electron chi connectivity index (χ2n) is 5.14. The standard InChI is InChI=1S/C15H16N2O3S2/c1-11(16-22(19,20)14-7-4-10-21-14)15(18)17-9-8-12-5-2-3-6-13(12)17/h2-7,10-11,16H,8-9H2,1H3/t11-/m1/s1. The lowest BCUT2D eigenvalue weighted by atomic mass is 10.2. The van der Waals surface area contributed by atoms with Gasteiger partial charge >= 0.3 is 0 Å². The van der Waals surface area contributed by atoms with Crippen molar-refractivity contribution in [3.63, 3.8) is 0 Å². The molecule has 0 aliphatic carbocycles. The van der Waals surface area contributed by atoms with E-state index in [1.165, 1.54) is 6.07 Å². The van der Waals surface area contributed by atoms with Gasteiger partial charge in [-0.05, 0) is 36.4 Å². The van der Waals surface area contributed by atoms with Gasteiger partial charge < -0.3 is 4.90 Å². The van der Waals surface area contributed by atoms with Crippen LogP contribution >= 0.6 is 11.3 Å². The Morgan fingerprint density at radius 1 is 1.27 bits per heavy atom. The average Bonchev–Trinajstić information content (AvgIpc) is 3.16. The van der Waals surface area contributed by atoms with E-state index in [9.17, 15) is 13.2 Å². The van der Waals surface area contributed by atoms with Crippen molar-refractivity contribution in [2.45, 2.75) is 23.6 Å². The molecule has 2 heterocycles. The number of benzene rings is 1. The zero-order valence-corrected chi connectivity index (χ0v) is 13.7. The zero-order chi connectivity index (χ0) is 15.7. The molecule has 1 amide bonds. The Morgan fingerprint density at radius 3 is 2.77 bits per heavy atom. The summed E-state index contributed by atoms with van der Waals surface area (Å²) in [7, 11) is -3.65. The predicted octanol–water partition coefficient (Wildman–Crippen LogP) is 2.00. The fraction of sp³-hybridized carbons (Fsp3) is 0.267. The second-order valence-corrected chi connectivity index (χ2v) is 8.03. The Kier molecular flexibility index (Phi) is 4.03. The van der Waals surface area contributed by atoms with Crippen molar-refractivity contribution in [3.8, 4) is 0 Å². The van der Waals surface area contributed by atoms with Crippen molar-refractivity contribution in [1.82, 2.24) is 4.72 Å². The minimum absolute atomic E-state index is 0.217. The molecule has 2 aromatic rings. The quantitative estimate of drug-likeness (QED) is 0.929. The summed E-state index contributed by atoms with van der Waals surface area (Å²) in [5.74, 6) is -0.231. The van der Waals surface area contributed by atoms with Gasteiger partial charge in [0, 0.05) is 12.2 Å². The lowest BCUT2D eigenvalue weighted by Gasteiger charge is -2.22. The van der Waals surface area contributed by atoms with Gasteiger partial charge in [0.25, 0.3) is 10.0 Å². The van der Waals surface area contributed by atoms with E-state index < -0.39 is 16.1 Å². The number of thiophene rings is 1. The van der Waals surface area contributed by atoms with Crippen LogP contribution in [0.4, 0.5) is 5.69 Å². The first-order valence-electron chi connectivity index (χ1n) is 6.94. The van der Waals surface area contributed by atoms with Crippen LogP contribution in [0.2, 0.25) is 0 Å². The van der Waals surface area contributed by atoms with Crippen molar-refractivity contribution < 1.29 is 13.2 Å². The number of hydrogen-bond donors (Lipinski definition) is 1. The number of carbonyl (C=O) groups excluding carboxylic acids is 1. The van der Waals surface area contributed by atoms with Crippen LogP contribution in [0.3, 0.4) is 0 Å². The van der Waals surface area contributed by atoms with E-state index in [4.69, 9.17) is 0 Å². The number of nitrogens with one attached hydrogen (secondary N) is 1. The average molecular weight is 336 g/mol. The molecule has 1 atom stereocenters. The molecule has 1 N–H and O–H groups in total. The molecule has 22 heavy (non-hydrogen) atoms. The molecule has 116 valence electrons. The summed E-state index contributed by atoms with van der Waals surface area (Å²) in [6.45, 7) is 2.16. The first-order valence-corrected chi connectivity index (χ1v) is 9.30. The third-order valence-electron chi connectivity index (χ3n) is 3.62. The number of amides is 1. The number of nitrogens with zero attached hydrogens (tertiary/aromatic N) is 1. The minimum Gasteiger partial charge on any atom is -0.310 e. The Hall–Kier alpha value is -1.70. The Morgan fingerprint density at radius 2 is 2.05 bits per heavy atom. The first kappa shape index (κ1) is 15.2. The van der Waals surface area contributed by atoms with E-state index in [1.54, 1.807) is 23.3 Å². The first-order chi connectivity index (χ1) is 10.5. The highest BCUT2D eigenvalue weighted by molar-refractivity contribution is 7.91. The number of para-hydroxylation sites is 1. The van der Waals surface area contributed by atoms with E-state index in [0.29, 0.717) is 6.54 Å². The maximum Gasteiger partial charge on any atom is 0.250 e. The van der Waals surface area contributed by atoms with Crippen molar-refractivity contribution in [2.24, 2.45) is 0 Å². The van der Waals surface area contributed by atoms with E-state index in [0.717, 1.165) is 29.0 Å². The molecule has 0 unspecified atom stereocenters. The SMILES string of the molecule is C[C@@H](NS(=O)(=O)c1cccs1)C(=O)N1CCc2ccccc21. The maximum absolute atomic E-state index is 12.6. The predicted molar refractivity (Wildman–Crippen MR) is 86.6 cm³/mol. The van der Waals surface area contributed by atoms with E-state index in [2.05, 4.69) is 4.72 Å². The van der Waals surface area contributed by atoms with Gasteiger partial charge in [0.2, 0.25) is 5.91 Å². The lowest BCUT2D eigenvalue weighted by molar-refractivity contribution is -0.119. The molecule has 7 heteroatoms. The number of fused-ring (bicyclic) bond motifs is 1. The van der Waals surface area contributed by atoms with Gasteiger partial charge in [0.15, 0.2) is 0 Å². The molecule has 0 spiro atoms. The number of carbonyl (C=O) groups is 1. The number of anilines is 1. The van der Waals surface area contributed by atoms with E-state index in [1.807, 2.05) is 24.3 Å². The molecular weight excluding hydrogens is 320 g/mol. The van der Waals surface area contributed by atoms with Crippen LogP contribution in [-0.4, -0.2) is 26.9 Å². The van der Waals surface area contributed by atoms with Crippen molar-refractivity contribution in [1.29, 1.82) is 0 Å². The van der Waals surface area contributed by atoms with Crippen LogP contribution < -0.4 is 9.62 Å². The van der Waals surface area contributed by atoms with Crippen LogP contribution in [0.25, 0.3) is 0 Å². The molecule has 5 nitrogen and oxygen atoms in total. The zero-order valence-electron chi connectivity index (χ0n) is 12.0. The monoisotopic (exact) mass is 336 g/mol. The summed E-state index contributed by atoms with van der Waals surface area (Å²) in [4.78, 5) is 14.2. The summed E-state index contributed by atoms with van der Waals surface area (Å²) >= 11 is 1.13. The van der Waals surface area contributed by atoms with E-state index >= 15 is 0 Å². The summed E-state index contributed by atoms with van der Waals surface area (Å²) in [5.41, 5.74) is 1.99. The Bertz CT molecular complexity index is 785. The number of hydrogen-bond acceptors (Lipinski definition) is 4. The van der Waals surface area contributed by atoms with Gasteiger partial charge in [-0.15, -0.1) is 11.3 Å². The molecule has 1 aliphatic rings. The van der Waals surface area contributed by atoms with Crippen LogP contribution in [0.5, 0.6) is 0 Å². The van der Waals surface area contributed by atoms with Gasteiger partial charge in [-0.25, -0.2) is 8.42 Å². The Balaban J connectivity index is 1.76. The van der Waals surface area contributed by atoms with Gasteiger partial charge in [-0.2, -0.15) is 4.72 Å². The number of rotatable bonds is 4. The molecule has 0 saturated carbocycles. The van der Waals surface area contributed by atoms with E-state index in [-0.39, 0.29) is 10.1 Å². The minimum atomic E-state index is -3.65. The fourth-order valence-electron chi connectivity index (χ4n) is 2.56. The fourth-order valence-corrected chi connectivity index (χ4v) is 4.76. The highest BCUT2D eigenvalue weighted by Crippen LogP contribution is 2.28. The third-order valence-corrected chi connectivity index (χ3v) is 6.55. The molecule has 3 rings (SSSR count). The van der Waals surface area contributed by atoms with Crippen molar-refractivity contribution in [3.05, 3.63) is 47.3 Å². The van der Waals surface area contributed by atoms with Crippen LogP contribution in [-0.2, 0) is 21.2 Å². The summed E-state index contributed by atoms with van der Waals surface area (Å²) in [5, 5.41) is 1.69. The molecule has 1 aliphatic heterocycles. The molecule has 0 fully saturated rings. The highest BCUT2D eigenvalue weighted by Gasteiger charge is 2.30. The third kappa shape index (κ3) is 2.79. The highest BCUT2D eigenvalue weighted by atomic mass is 32.2. The van der Waals surface area contributed by atoms with Crippen LogP contribution in [0, 0.1) is 0 Å². The van der Waals surface area contributed by atoms with Gasteiger partial charge in [-0.1, -0.05) is 24.3 Å². The number of sulfonamides is 1. The largest absolute Gasteiger partial charge is 0.310 e. The molecular formula is C15H16N2O3S2. The van der Waals surface area contributed by atoms with Crippen molar-refractivity contribution >= 4 is 33.0 Å². The normalized spacial score (nSPS) is 15.6. The van der Waals surface area contributed by atoms with Crippen molar-refractivity contribution in [2.75, 3.05) is 11.4 Å². The topological polar surface area (TPSA) is 66.5 Å². The lowest BCUT2D eigenvalue weighted by Crippen LogP contribution is -2.46. The summed E-state index contributed by atoms with van der Waals surface area (Å²) in [6, 6.07) is 10.1. The van der Waals surface area contributed by atoms with Crippen LogP contribution in [0.15, 0.2) is 46.0 Å². The molecule has 0 bridgehead atoms. The smallest absolute Gasteiger partial charge is 0.250 e. The van der Waals surface area contributed by atoms with Gasteiger partial charge in [0.05, 0.1) is 6.04 Å². The molecule has 1 aromatic carbocycles. The van der Waals surface area contributed by atoms with Gasteiger partial charge in [-0.3, -0.25) is 4.79 Å². The maximum atomic E-state index is 12.6. The summed E-state index contributed by atoms with van der Waals surface area (Å²) < 4.78 is 27.1.